The molecule has 3 heteroatoms. The van der Waals surface area contributed by atoms with Crippen LogP contribution in [-0.2, 0) is 9.53 Å². The number of ether oxygens (including phenoxy) is 1. The molecule has 3 nitrogen and oxygen atoms in total. The van der Waals surface area contributed by atoms with E-state index in [4.69, 9.17) is 10.5 Å². The second kappa shape index (κ2) is 2.57. The molecule has 1 aromatic carbocycles. The number of primary amides is 1. The molecule has 0 bridgehead atoms. The van der Waals surface area contributed by atoms with Gasteiger partial charge in [-0.25, -0.2) is 0 Å². The van der Waals surface area contributed by atoms with Crippen LogP contribution in [0.4, 0.5) is 0 Å². The third-order valence-corrected chi connectivity index (χ3v) is 2.40. The number of nitrogens with two attached hydrogens (primary N) is 1. The summed E-state index contributed by atoms with van der Waals surface area (Å²) in [5.41, 5.74) is 5.41. The lowest BCUT2D eigenvalue weighted by atomic mass is 10.0. The summed E-state index contributed by atoms with van der Waals surface area (Å²) in [5, 5.41) is 0. The van der Waals surface area contributed by atoms with E-state index in [0.29, 0.717) is 0 Å². The van der Waals surface area contributed by atoms with E-state index in [-0.39, 0.29) is 6.10 Å². The van der Waals surface area contributed by atoms with E-state index in [9.17, 15) is 4.79 Å². The van der Waals surface area contributed by atoms with Crippen molar-refractivity contribution < 1.29 is 9.53 Å². The largest absolute Gasteiger partial charge is 0.367 e. The molecule has 2 N–H and O–H groups in total. The average Bonchev–Trinajstić information content (AvgIpc) is 2.81. The van der Waals surface area contributed by atoms with Gasteiger partial charge in [-0.2, -0.15) is 0 Å². The zero-order chi connectivity index (χ0) is 9.47. The molecule has 1 fully saturated rings. The topological polar surface area (TPSA) is 55.6 Å². The number of rotatable bonds is 2. The Morgan fingerprint density at radius 3 is 2.54 bits per heavy atom. The quantitative estimate of drug-likeness (QED) is 0.685. The lowest BCUT2D eigenvalue weighted by Crippen LogP contribution is -2.29. The summed E-state index contributed by atoms with van der Waals surface area (Å²) >= 11 is 0. The van der Waals surface area contributed by atoms with Gasteiger partial charge in [-0.3, -0.25) is 4.79 Å². The Bertz CT molecular complexity index is 336. The van der Waals surface area contributed by atoms with Crippen molar-refractivity contribution in [1.82, 2.24) is 0 Å². The van der Waals surface area contributed by atoms with Gasteiger partial charge in [0, 0.05) is 0 Å². The number of hydrogen-bond acceptors (Lipinski definition) is 2. The number of amides is 1. The van der Waals surface area contributed by atoms with E-state index in [2.05, 4.69) is 0 Å². The molecule has 0 spiro atoms. The van der Waals surface area contributed by atoms with Crippen LogP contribution >= 0.6 is 0 Å². The Balaban J connectivity index is 2.21. The zero-order valence-corrected chi connectivity index (χ0v) is 7.36. The fourth-order valence-corrected chi connectivity index (χ4v) is 1.41. The van der Waals surface area contributed by atoms with Crippen LogP contribution in [0.25, 0.3) is 0 Å². The van der Waals surface area contributed by atoms with E-state index < -0.39 is 11.5 Å². The number of carbonyl (C=O) groups excluding carboxylic acids is 1. The van der Waals surface area contributed by atoms with Gasteiger partial charge in [-0.05, 0) is 12.5 Å². The Morgan fingerprint density at radius 2 is 2.08 bits per heavy atom. The number of hydrogen-bond donors (Lipinski definition) is 1. The summed E-state index contributed by atoms with van der Waals surface area (Å²) in [6.45, 7) is 1.72. The lowest BCUT2D eigenvalue weighted by Gasteiger charge is -1.99. The van der Waals surface area contributed by atoms with Crippen molar-refractivity contribution in [3.05, 3.63) is 35.9 Å². The first-order chi connectivity index (χ1) is 6.14. The monoisotopic (exact) mass is 177 g/mol. The molecule has 1 amide bonds. The maximum absolute atomic E-state index is 11.0. The van der Waals surface area contributed by atoms with Crippen molar-refractivity contribution in [1.29, 1.82) is 0 Å². The smallest absolute Gasteiger partial charge is 0.252 e. The van der Waals surface area contributed by atoms with Gasteiger partial charge in [0.2, 0.25) is 0 Å². The minimum Gasteiger partial charge on any atom is -0.367 e. The van der Waals surface area contributed by atoms with Crippen molar-refractivity contribution >= 4 is 5.91 Å². The van der Waals surface area contributed by atoms with E-state index in [1.54, 1.807) is 6.92 Å². The molecular formula is C10H11NO2. The van der Waals surface area contributed by atoms with E-state index in [1.807, 2.05) is 30.3 Å². The molecular weight excluding hydrogens is 166 g/mol. The lowest BCUT2D eigenvalue weighted by molar-refractivity contribution is -0.122. The van der Waals surface area contributed by atoms with Gasteiger partial charge < -0.3 is 10.5 Å². The molecule has 0 aliphatic carbocycles. The Hall–Kier alpha value is -1.35. The standard InChI is InChI=1S/C10H11NO2/c1-10(9(11)12)8(13-10)7-5-3-2-4-6-7/h2-6,8H,1H3,(H2,11,12)/t8-,10+/m1/s1. The van der Waals surface area contributed by atoms with Crippen LogP contribution in [0.3, 0.4) is 0 Å². The molecule has 1 heterocycles. The number of carbonyl (C=O) groups is 1. The van der Waals surface area contributed by atoms with Crippen molar-refractivity contribution in [3.63, 3.8) is 0 Å². The molecule has 2 atom stereocenters. The third kappa shape index (κ3) is 1.21. The SMILES string of the molecule is C[C@]1(C(N)=O)O[C@@H]1c1ccccc1. The molecule has 68 valence electrons. The van der Waals surface area contributed by atoms with Crippen LogP contribution in [0, 0.1) is 0 Å². The number of benzene rings is 1. The molecule has 1 saturated heterocycles. The van der Waals surface area contributed by atoms with Crippen molar-refractivity contribution in [2.24, 2.45) is 5.73 Å². The molecule has 2 rings (SSSR count). The Morgan fingerprint density at radius 1 is 1.46 bits per heavy atom. The highest BCUT2D eigenvalue weighted by Gasteiger charge is 2.58. The van der Waals surface area contributed by atoms with Gasteiger partial charge >= 0.3 is 0 Å². The van der Waals surface area contributed by atoms with Gasteiger partial charge in [0.05, 0.1) is 0 Å². The van der Waals surface area contributed by atoms with Gasteiger partial charge in [0.1, 0.15) is 6.10 Å². The first-order valence-corrected chi connectivity index (χ1v) is 4.17. The molecule has 13 heavy (non-hydrogen) atoms. The Kier molecular flexibility index (Phi) is 1.63. The van der Waals surface area contributed by atoms with Crippen LogP contribution in [0.1, 0.15) is 18.6 Å². The molecule has 0 saturated carbocycles. The van der Waals surface area contributed by atoms with Crippen molar-refractivity contribution in [2.75, 3.05) is 0 Å². The summed E-state index contributed by atoms with van der Waals surface area (Å²) in [4.78, 5) is 11.0. The summed E-state index contributed by atoms with van der Waals surface area (Å²) in [6, 6.07) is 9.61. The van der Waals surface area contributed by atoms with Crippen molar-refractivity contribution in [3.8, 4) is 0 Å². The zero-order valence-electron chi connectivity index (χ0n) is 7.36. The summed E-state index contributed by atoms with van der Waals surface area (Å²) in [5.74, 6) is -0.402. The summed E-state index contributed by atoms with van der Waals surface area (Å²) in [6.07, 6.45) is -0.161. The first-order valence-electron chi connectivity index (χ1n) is 4.17. The molecule has 0 unspecified atom stereocenters. The Labute approximate surface area is 76.5 Å². The highest BCUT2D eigenvalue weighted by Crippen LogP contribution is 2.48. The van der Waals surface area contributed by atoms with Gasteiger partial charge in [-0.1, -0.05) is 30.3 Å². The minimum absolute atomic E-state index is 0.161. The number of epoxide rings is 1. The molecule has 1 aliphatic heterocycles. The predicted octanol–water partition coefficient (Wildman–Crippen LogP) is 1.00. The third-order valence-electron chi connectivity index (χ3n) is 2.40. The maximum atomic E-state index is 11.0. The molecule has 0 aromatic heterocycles. The van der Waals surface area contributed by atoms with Crippen LogP contribution in [-0.4, -0.2) is 11.5 Å². The maximum Gasteiger partial charge on any atom is 0.252 e. The average molecular weight is 177 g/mol. The van der Waals surface area contributed by atoms with E-state index >= 15 is 0 Å². The van der Waals surface area contributed by atoms with E-state index in [1.165, 1.54) is 0 Å². The molecule has 0 radical (unpaired) electrons. The fraction of sp³-hybridized carbons (Fsp3) is 0.300. The summed E-state index contributed by atoms with van der Waals surface area (Å²) < 4.78 is 5.28. The molecule has 1 aromatic rings. The molecule has 1 aliphatic rings. The van der Waals surface area contributed by atoms with E-state index in [0.717, 1.165) is 5.56 Å². The normalized spacial score (nSPS) is 31.3. The van der Waals surface area contributed by atoms with Gasteiger partial charge in [0.15, 0.2) is 5.60 Å². The van der Waals surface area contributed by atoms with Crippen molar-refractivity contribution in [2.45, 2.75) is 18.6 Å². The van der Waals surface area contributed by atoms with Crippen LogP contribution in [0.5, 0.6) is 0 Å². The van der Waals surface area contributed by atoms with Crippen LogP contribution in [0.15, 0.2) is 30.3 Å². The fourth-order valence-electron chi connectivity index (χ4n) is 1.41. The van der Waals surface area contributed by atoms with Crippen LogP contribution < -0.4 is 5.73 Å². The second-order valence-corrected chi connectivity index (χ2v) is 3.38. The highest BCUT2D eigenvalue weighted by atomic mass is 16.6. The highest BCUT2D eigenvalue weighted by molar-refractivity contribution is 5.86. The predicted molar refractivity (Wildman–Crippen MR) is 47.9 cm³/mol. The minimum atomic E-state index is -0.790. The van der Waals surface area contributed by atoms with Gasteiger partial charge in [-0.15, -0.1) is 0 Å². The van der Waals surface area contributed by atoms with Crippen LogP contribution in [0.2, 0.25) is 0 Å². The first kappa shape index (κ1) is 8.26. The van der Waals surface area contributed by atoms with Gasteiger partial charge in [0.25, 0.3) is 5.91 Å². The summed E-state index contributed by atoms with van der Waals surface area (Å²) in [7, 11) is 0. The second-order valence-electron chi connectivity index (χ2n) is 3.38.